The van der Waals surface area contributed by atoms with Crippen molar-refractivity contribution in [1.82, 2.24) is 0 Å². The molecular weight excluding hydrogens is 376 g/mol. The highest BCUT2D eigenvalue weighted by Crippen LogP contribution is 2.62. The highest BCUT2D eigenvalue weighted by molar-refractivity contribution is 5.93. The maximum Gasteiger partial charge on any atom is 0.159 e. The van der Waals surface area contributed by atoms with Crippen LogP contribution < -0.4 is 0 Å². The first-order chi connectivity index (χ1) is 14.2. The van der Waals surface area contributed by atoms with Crippen molar-refractivity contribution in [3.8, 4) is 0 Å². The summed E-state index contributed by atoms with van der Waals surface area (Å²) in [5, 5.41) is 20.2. The summed E-state index contributed by atoms with van der Waals surface area (Å²) in [6, 6.07) is 0. The third kappa shape index (κ3) is 3.76. The van der Waals surface area contributed by atoms with Crippen molar-refractivity contribution in [2.75, 3.05) is 7.11 Å². The second-order valence-corrected chi connectivity index (χ2v) is 10.5. The lowest BCUT2D eigenvalue weighted by molar-refractivity contribution is -0.119. The number of hydrogen-bond acceptors (Lipinski definition) is 4. The standard InChI is InChI=1S/C26H38O4/c1-15(11-25(30-4)16(2)27)22-7-8-23-21-14-24(29)18-12-17(5-6-19(28)13-18)20(21)9-10-26(22,23)3/h5,11,14,16,18-20,22-23,25,27-28H,6-10,12-13H2,1-4H3/b15-11+/t16-,18+,19-,20+,22+,23-,25+,26+/m0/s1. The quantitative estimate of drug-likeness (QED) is 0.671. The zero-order chi connectivity index (χ0) is 21.6. The number of ether oxygens (including phenoxy) is 1. The van der Waals surface area contributed by atoms with Crippen LogP contribution in [0.1, 0.15) is 65.7 Å². The summed E-state index contributed by atoms with van der Waals surface area (Å²) in [6.07, 6.45) is 11.8. The molecule has 0 aromatic rings. The average molecular weight is 415 g/mol. The molecule has 4 nitrogen and oxygen atoms in total. The Morgan fingerprint density at radius 1 is 1.33 bits per heavy atom. The largest absolute Gasteiger partial charge is 0.393 e. The monoisotopic (exact) mass is 414 g/mol. The van der Waals surface area contributed by atoms with Gasteiger partial charge in [0, 0.05) is 18.9 Å². The smallest absolute Gasteiger partial charge is 0.159 e. The first-order valence-electron chi connectivity index (χ1n) is 11.8. The summed E-state index contributed by atoms with van der Waals surface area (Å²) in [6.45, 7) is 6.38. The number of aliphatic hydroxyl groups is 2. The molecule has 4 heteroatoms. The van der Waals surface area contributed by atoms with Gasteiger partial charge < -0.3 is 14.9 Å². The molecule has 0 heterocycles. The lowest BCUT2D eigenvalue weighted by Gasteiger charge is -2.46. The molecule has 0 aliphatic heterocycles. The molecule has 0 amide bonds. The van der Waals surface area contributed by atoms with Crippen molar-refractivity contribution < 1.29 is 19.7 Å². The first-order valence-corrected chi connectivity index (χ1v) is 11.8. The van der Waals surface area contributed by atoms with Gasteiger partial charge in [-0.15, -0.1) is 0 Å². The number of methoxy groups -OCH3 is 1. The highest BCUT2D eigenvalue weighted by Gasteiger charge is 2.53. The van der Waals surface area contributed by atoms with Gasteiger partial charge in [0.15, 0.2) is 5.78 Å². The Kier molecular flexibility index (Phi) is 6.13. The summed E-state index contributed by atoms with van der Waals surface area (Å²) in [5.74, 6) is 1.46. The average Bonchev–Trinajstić information content (AvgIpc) is 2.84. The number of aliphatic hydroxyl groups excluding tert-OH is 2. The predicted octanol–water partition coefficient (Wildman–Crippen LogP) is 4.37. The Morgan fingerprint density at radius 3 is 2.80 bits per heavy atom. The first kappa shape index (κ1) is 22.0. The molecule has 2 fully saturated rings. The molecule has 4 aliphatic carbocycles. The number of rotatable bonds is 4. The fraction of sp³-hybridized carbons (Fsp3) is 0.731. The molecule has 4 rings (SSSR count). The molecule has 0 aromatic carbocycles. The molecule has 0 radical (unpaired) electrons. The number of hydrogen-bond donors (Lipinski definition) is 2. The molecule has 0 unspecified atom stereocenters. The SMILES string of the molecule is CO[C@H](/C=C(\C)[C@H]1CC[C@H]2C3=CC(=O)[C@@H]4CC(=CC[C@H](O)C4)[C@H]3CC[C@]12C)[C@H](C)O. The van der Waals surface area contributed by atoms with E-state index in [1.807, 2.05) is 6.08 Å². The van der Waals surface area contributed by atoms with Gasteiger partial charge in [0.2, 0.25) is 0 Å². The molecule has 2 saturated carbocycles. The van der Waals surface area contributed by atoms with Gasteiger partial charge in [-0.3, -0.25) is 4.79 Å². The van der Waals surface area contributed by atoms with E-state index in [0.29, 0.717) is 30.6 Å². The molecular formula is C26H38O4. The van der Waals surface area contributed by atoms with Crippen molar-refractivity contribution in [3.63, 3.8) is 0 Å². The normalized spacial score (nSPS) is 41.1. The minimum absolute atomic E-state index is 0.0505. The van der Waals surface area contributed by atoms with E-state index in [9.17, 15) is 15.0 Å². The number of carbonyl (C=O) groups is 1. The number of fused-ring (bicyclic) bond motifs is 6. The van der Waals surface area contributed by atoms with Crippen molar-refractivity contribution in [2.24, 2.45) is 29.1 Å². The Bertz CT molecular complexity index is 776. The van der Waals surface area contributed by atoms with E-state index in [0.717, 1.165) is 32.1 Å². The Morgan fingerprint density at radius 2 is 2.10 bits per heavy atom. The van der Waals surface area contributed by atoms with Gasteiger partial charge in [-0.1, -0.05) is 35.8 Å². The van der Waals surface area contributed by atoms with Gasteiger partial charge in [0.05, 0.1) is 12.2 Å². The van der Waals surface area contributed by atoms with Crippen LogP contribution in [0.25, 0.3) is 0 Å². The van der Waals surface area contributed by atoms with E-state index in [1.165, 1.54) is 16.7 Å². The molecule has 0 saturated heterocycles. The van der Waals surface area contributed by atoms with Gasteiger partial charge in [-0.2, -0.15) is 0 Å². The van der Waals surface area contributed by atoms with Crippen LogP contribution in [0.5, 0.6) is 0 Å². The summed E-state index contributed by atoms with van der Waals surface area (Å²) < 4.78 is 5.48. The lowest BCUT2D eigenvalue weighted by atomic mass is 9.58. The predicted molar refractivity (Wildman–Crippen MR) is 118 cm³/mol. The molecule has 8 atom stereocenters. The van der Waals surface area contributed by atoms with Gasteiger partial charge in [0.25, 0.3) is 0 Å². The minimum atomic E-state index is -0.529. The van der Waals surface area contributed by atoms with Crippen LogP contribution in [-0.4, -0.2) is 41.4 Å². The summed E-state index contributed by atoms with van der Waals surface area (Å²) in [4.78, 5) is 13.1. The maximum absolute atomic E-state index is 13.1. The van der Waals surface area contributed by atoms with Crippen LogP contribution in [0.3, 0.4) is 0 Å². The van der Waals surface area contributed by atoms with Gasteiger partial charge in [0.1, 0.15) is 6.10 Å². The van der Waals surface area contributed by atoms with Crippen LogP contribution in [-0.2, 0) is 9.53 Å². The zero-order valence-corrected chi connectivity index (χ0v) is 18.9. The Balaban J connectivity index is 1.65. The minimum Gasteiger partial charge on any atom is -0.393 e. The molecule has 4 aliphatic rings. The fourth-order valence-corrected chi connectivity index (χ4v) is 7.07. The molecule has 0 aromatic heterocycles. The number of allylic oxidation sites excluding steroid dienone is 4. The summed E-state index contributed by atoms with van der Waals surface area (Å²) >= 11 is 0. The van der Waals surface area contributed by atoms with Crippen molar-refractivity contribution in [1.29, 1.82) is 0 Å². The summed E-state index contributed by atoms with van der Waals surface area (Å²) in [5.41, 5.74) is 4.23. The van der Waals surface area contributed by atoms with Crippen molar-refractivity contribution in [2.45, 2.75) is 84.0 Å². The van der Waals surface area contributed by atoms with Crippen molar-refractivity contribution in [3.05, 3.63) is 34.9 Å². The van der Waals surface area contributed by atoms with Gasteiger partial charge in [-0.25, -0.2) is 0 Å². The van der Waals surface area contributed by atoms with E-state index in [-0.39, 0.29) is 29.3 Å². The number of carbonyl (C=O) groups excluding carboxylic acids is 1. The lowest BCUT2D eigenvalue weighted by Crippen LogP contribution is -2.38. The van der Waals surface area contributed by atoms with Gasteiger partial charge in [-0.05, 0) is 82.1 Å². The van der Waals surface area contributed by atoms with E-state index in [2.05, 4.69) is 26.0 Å². The second-order valence-electron chi connectivity index (χ2n) is 10.5. The fourth-order valence-electron chi connectivity index (χ4n) is 7.07. The van der Waals surface area contributed by atoms with E-state index in [1.54, 1.807) is 14.0 Å². The molecule has 30 heavy (non-hydrogen) atoms. The third-order valence-corrected chi connectivity index (χ3v) is 8.69. The van der Waals surface area contributed by atoms with Crippen molar-refractivity contribution >= 4 is 5.78 Å². The third-order valence-electron chi connectivity index (χ3n) is 8.69. The highest BCUT2D eigenvalue weighted by atomic mass is 16.5. The van der Waals surface area contributed by atoms with E-state index >= 15 is 0 Å². The zero-order valence-electron chi connectivity index (χ0n) is 18.9. The topological polar surface area (TPSA) is 66.8 Å². The molecule has 166 valence electrons. The Labute approximate surface area is 181 Å². The van der Waals surface area contributed by atoms with Crippen LogP contribution in [0.2, 0.25) is 0 Å². The second kappa shape index (κ2) is 8.37. The Hall–Kier alpha value is -1.23. The van der Waals surface area contributed by atoms with E-state index < -0.39 is 6.10 Å². The van der Waals surface area contributed by atoms with Crippen LogP contribution >= 0.6 is 0 Å². The molecule has 2 N–H and O–H groups in total. The summed E-state index contributed by atoms with van der Waals surface area (Å²) in [7, 11) is 1.65. The molecule has 0 spiro atoms. The van der Waals surface area contributed by atoms with Gasteiger partial charge >= 0.3 is 0 Å². The van der Waals surface area contributed by atoms with E-state index in [4.69, 9.17) is 4.74 Å². The van der Waals surface area contributed by atoms with Crippen LogP contribution in [0, 0.1) is 29.1 Å². The molecule has 2 bridgehead atoms. The maximum atomic E-state index is 13.1. The number of ketones is 1. The van der Waals surface area contributed by atoms with Crippen LogP contribution in [0.4, 0.5) is 0 Å². The van der Waals surface area contributed by atoms with Crippen LogP contribution in [0.15, 0.2) is 34.9 Å².